The first-order valence-corrected chi connectivity index (χ1v) is 7.66. The Kier molecular flexibility index (Phi) is 5.68. The fourth-order valence-electron chi connectivity index (χ4n) is 2.03. The lowest BCUT2D eigenvalue weighted by atomic mass is 10.2. The molecule has 6 nitrogen and oxygen atoms in total. The monoisotopic (exact) mass is 401 g/mol. The van der Waals surface area contributed by atoms with Gasteiger partial charge in [0.1, 0.15) is 5.82 Å². The van der Waals surface area contributed by atoms with Gasteiger partial charge >= 0.3 is 0 Å². The van der Waals surface area contributed by atoms with Crippen LogP contribution in [0.1, 0.15) is 17.3 Å². The van der Waals surface area contributed by atoms with Crippen LogP contribution in [0.4, 0.5) is 20.2 Å². The standard InChI is InChI=1S/C15H14BrF2N3O3/c1-3-21-7-9(14(22)20-24-2)13(12(18)15(21)23)19-11-5-4-8(16)6-10(11)17/h4-7,19H,3H2,1-2H3,(H,20,22). The van der Waals surface area contributed by atoms with Gasteiger partial charge in [0.2, 0.25) is 5.82 Å². The Labute approximate surface area is 144 Å². The second kappa shape index (κ2) is 7.54. The number of hydroxylamine groups is 1. The smallest absolute Gasteiger partial charge is 0.288 e. The van der Waals surface area contributed by atoms with Crippen LogP contribution in [0.15, 0.2) is 33.7 Å². The van der Waals surface area contributed by atoms with E-state index in [0.717, 1.165) is 4.57 Å². The molecule has 0 saturated heterocycles. The minimum absolute atomic E-state index is 0.0859. The molecule has 0 atom stereocenters. The topological polar surface area (TPSA) is 72.4 Å². The zero-order valence-electron chi connectivity index (χ0n) is 12.8. The lowest BCUT2D eigenvalue weighted by Crippen LogP contribution is -2.29. The molecule has 0 saturated carbocycles. The van der Waals surface area contributed by atoms with Crippen LogP contribution in [0.5, 0.6) is 0 Å². The van der Waals surface area contributed by atoms with Gasteiger partial charge in [-0.05, 0) is 25.1 Å². The van der Waals surface area contributed by atoms with E-state index in [9.17, 15) is 18.4 Å². The Morgan fingerprint density at radius 3 is 2.67 bits per heavy atom. The van der Waals surface area contributed by atoms with Crippen LogP contribution in [0.25, 0.3) is 0 Å². The number of carbonyl (C=O) groups is 1. The number of amides is 1. The number of pyridine rings is 1. The van der Waals surface area contributed by atoms with Crippen molar-refractivity contribution < 1.29 is 18.4 Å². The van der Waals surface area contributed by atoms with Crippen molar-refractivity contribution in [3.05, 3.63) is 56.4 Å². The van der Waals surface area contributed by atoms with Crippen LogP contribution >= 0.6 is 15.9 Å². The summed E-state index contributed by atoms with van der Waals surface area (Å²) >= 11 is 3.11. The number of nitrogens with one attached hydrogen (secondary N) is 2. The van der Waals surface area contributed by atoms with Gasteiger partial charge in [-0.1, -0.05) is 15.9 Å². The normalized spacial score (nSPS) is 10.5. The van der Waals surface area contributed by atoms with Crippen molar-refractivity contribution in [2.75, 3.05) is 12.4 Å². The summed E-state index contributed by atoms with van der Waals surface area (Å²) in [6, 6.07) is 4.05. The highest BCUT2D eigenvalue weighted by molar-refractivity contribution is 9.10. The van der Waals surface area contributed by atoms with Crippen molar-refractivity contribution in [3.8, 4) is 0 Å². The van der Waals surface area contributed by atoms with Gasteiger partial charge in [-0.2, -0.15) is 4.39 Å². The molecule has 0 aliphatic rings. The summed E-state index contributed by atoms with van der Waals surface area (Å²) in [7, 11) is 1.21. The van der Waals surface area contributed by atoms with Gasteiger partial charge < -0.3 is 9.88 Å². The van der Waals surface area contributed by atoms with Crippen LogP contribution in [-0.4, -0.2) is 17.6 Å². The zero-order chi connectivity index (χ0) is 17.9. The molecule has 1 heterocycles. The Balaban J connectivity index is 2.60. The summed E-state index contributed by atoms with van der Waals surface area (Å²) < 4.78 is 30.0. The van der Waals surface area contributed by atoms with Crippen LogP contribution in [0.2, 0.25) is 0 Å². The molecule has 2 aromatic rings. The number of anilines is 2. The number of halogens is 3. The Morgan fingerprint density at radius 2 is 2.08 bits per heavy atom. The van der Waals surface area contributed by atoms with Crippen LogP contribution < -0.4 is 16.4 Å². The molecule has 9 heteroatoms. The number of hydrogen-bond acceptors (Lipinski definition) is 4. The first-order valence-electron chi connectivity index (χ1n) is 6.87. The second-order valence-electron chi connectivity index (χ2n) is 4.71. The van der Waals surface area contributed by atoms with E-state index in [-0.39, 0.29) is 17.8 Å². The molecule has 0 bridgehead atoms. The SMILES string of the molecule is CCn1cc(C(=O)NOC)c(Nc2ccc(Br)cc2F)c(F)c1=O. The zero-order valence-corrected chi connectivity index (χ0v) is 14.4. The molecule has 128 valence electrons. The number of carbonyl (C=O) groups excluding carboxylic acids is 1. The highest BCUT2D eigenvalue weighted by atomic mass is 79.9. The summed E-state index contributed by atoms with van der Waals surface area (Å²) in [4.78, 5) is 28.6. The van der Waals surface area contributed by atoms with Gasteiger partial charge in [0.05, 0.1) is 24.0 Å². The summed E-state index contributed by atoms with van der Waals surface area (Å²) in [5.74, 6) is -2.65. The van der Waals surface area contributed by atoms with E-state index >= 15 is 0 Å². The van der Waals surface area contributed by atoms with E-state index in [1.807, 2.05) is 5.48 Å². The van der Waals surface area contributed by atoms with E-state index < -0.39 is 28.8 Å². The van der Waals surface area contributed by atoms with Crippen LogP contribution in [0, 0.1) is 11.6 Å². The lowest BCUT2D eigenvalue weighted by molar-refractivity contribution is 0.0537. The Bertz CT molecular complexity index is 839. The van der Waals surface area contributed by atoms with Crippen molar-refractivity contribution in [2.24, 2.45) is 0 Å². The second-order valence-corrected chi connectivity index (χ2v) is 5.62. The predicted octanol–water partition coefficient (Wildman–Crippen LogP) is 2.94. The van der Waals surface area contributed by atoms with E-state index in [1.54, 1.807) is 6.92 Å². The first kappa shape index (κ1) is 18.1. The predicted molar refractivity (Wildman–Crippen MR) is 88.2 cm³/mol. The summed E-state index contributed by atoms with van der Waals surface area (Å²) in [5, 5.41) is 2.47. The van der Waals surface area contributed by atoms with E-state index in [2.05, 4.69) is 26.1 Å². The van der Waals surface area contributed by atoms with Crippen LogP contribution in [0.3, 0.4) is 0 Å². The van der Waals surface area contributed by atoms with Gasteiger partial charge in [0.25, 0.3) is 11.5 Å². The number of nitrogens with zero attached hydrogens (tertiary/aromatic N) is 1. The van der Waals surface area contributed by atoms with Crippen molar-refractivity contribution in [1.29, 1.82) is 0 Å². The lowest BCUT2D eigenvalue weighted by Gasteiger charge is -2.15. The fourth-order valence-corrected chi connectivity index (χ4v) is 2.37. The van der Waals surface area contributed by atoms with E-state index in [4.69, 9.17) is 0 Å². The molecule has 0 aliphatic carbocycles. The van der Waals surface area contributed by atoms with E-state index in [1.165, 1.54) is 31.5 Å². The van der Waals surface area contributed by atoms with Crippen molar-refractivity contribution in [1.82, 2.24) is 10.0 Å². The average molecular weight is 402 g/mol. The first-order chi connectivity index (χ1) is 11.4. The van der Waals surface area contributed by atoms with Crippen molar-refractivity contribution >= 4 is 33.2 Å². The van der Waals surface area contributed by atoms with Crippen molar-refractivity contribution in [2.45, 2.75) is 13.5 Å². The van der Waals surface area contributed by atoms with Crippen molar-refractivity contribution in [3.63, 3.8) is 0 Å². The Hall–Kier alpha value is -2.26. The quantitative estimate of drug-likeness (QED) is 0.755. The molecule has 0 spiro atoms. The molecule has 1 aromatic heterocycles. The summed E-state index contributed by atoms with van der Waals surface area (Å²) in [6.07, 6.45) is 1.18. The van der Waals surface area contributed by atoms with Gasteiger partial charge in [0, 0.05) is 17.2 Å². The highest BCUT2D eigenvalue weighted by Crippen LogP contribution is 2.26. The third-order valence-corrected chi connectivity index (χ3v) is 3.69. The maximum absolute atomic E-state index is 14.5. The third kappa shape index (κ3) is 3.62. The molecular formula is C15H14BrF2N3O3. The summed E-state index contributed by atoms with van der Waals surface area (Å²) in [5.41, 5.74) is 0.411. The summed E-state index contributed by atoms with van der Waals surface area (Å²) in [6.45, 7) is 1.79. The fraction of sp³-hybridized carbons (Fsp3) is 0.200. The molecule has 2 N–H and O–H groups in total. The minimum atomic E-state index is -1.19. The van der Waals surface area contributed by atoms with E-state index in [0.29, 0.717) is 4.47 Å². The van der Waals surface area contributed by atoms with Gasteiger partial charge in [-0.3, -0.25) is 14.4 Å². The van der Waals surface area contributed by atoms with Gasteiger partial charge in [0.15, 0.2) is 0 Å². The minimum Gasteiger partial charge on any atom is -0.350 e. The molecule has 0 fully saturated rings. The highest BCUT2D eigenvalue weighted by Gasteiger charge is 2.21. The molecule has 0 aliphatic heterocycles. The number of benzene rings is 1. The Morgan fingerprint density at radius 1 is 1.38 bits per heavy atom. The number of aromatic nitrogens is 1. The maximum atomic E-state index is 14.5. The molecule has 0 radical (unpaired) electrons. The van der Waals surface area contributed by atoms with Gasteiger partial charge in [-0.15, -0.1) is 0 Å². The molecule has 1 amide bonds. The molecule has 0 unspecified atom stereocenters. The van der Waals surface area contributed by atoms with Crippen LogP contribution in [-0.2, 0) is 11.4 Å². The molecule has 24 heavy (non-hydrogen) atoms. The largest absolute Gasteiger partial charge is 0.350 e. The maximum Gasteiger partial charge on any atom is 0.288 e. The van der Waals surface area contributed by atoms with Gasteiger partial charge in [-0.25, -0.2) is 9.87 Å². The third-order valence-electron chi connectivity index (χ3n) is 3.19. The number of aryl methyl sites for hydroxylation is 1. The average Bonchev–Trinajstić information content (AvgIpc) is 2.54. The molecule has 2 rings (SSSR count). The molecular weight excluding hydrogens is 388 g/mol. The molecule has 1 aromatic carbocycles. The number of rotatable bonds is 5. The number of hydrogen-bond donors (Lipinski definition) is 2.